The smallest absolute Gasteiger partial charge is 0.350 e. The van der Waals surface area contributed by atoms with Crippen molar-refractivity contribution in [3.63, 3.8) is 0 Å². The van der Waals surface area contributed by atoms with Crippen LogP contribution in [-0.4, -0.2) is 43.3 Å². The van der Waals surface area contributed by atoms with E-state index in [4.69, 9.17) is 0 Å². The fourth-order valence-electron chi connectivity index (χ4n) is 3.93. The molecule has 0 bridgehead atoms. The number of sulfonamides is 1. The van der Waals surface area contributed by atoms with E-state index in [1.807, 2.05) is 0 Å². The monoisotopic (exact) mass is 653 g/mol. The molecule has 1 unspecified atom stereocenters. The van der Waals surface area contributed by atoms with E-state index in [-0.39, 0.29) is 17.1 Å². The van der Waals surface area contributed by atoms with E-state index in [1.165, 1.54) is 42.2 Å². The van der Waals surface area contributed by atoms with Crippen LogP contribution < -0.4 is 9.62 Å². The van der Waals surface area contributed by atoms with Crippen LogP contribution in [0.5, 0.6) is 0 Å². The van der Waals surface area contributed by atoms with Gasteiger partial charge in [0, 0.05) is 16.6 Å². The number of hydrogen-bond acceptors (Lipinski definition) is 4. The Morgan fingerprint density at radius 3 is 2.10 bits per heavy atom. The maximum absolute atomic E-state index is 13.9. The number of benzene rings is 3. The van der Waals surface area contributed by atoms with E-state index >= 15 is 0 Å². The molecule has 12 heteroatoms. The van der Waals surface area contributed by atoms with Gasteiger partial charge in [-0.2, -0.15) is 13.2 Å². The van der Waals surface area contributed by atoms with Gasteiger partial charge >= 0.3 is 6.18 Å². The Balaban J connectivity index is 2.08. The van der Waals surface area contributed by atoms with Gasteiger partial charge < -0.3 is 10.2 Å². The Morgan fingerprint density at radius 1 is 0.927 bits per heavy atom. The second kappa shape index (κ2) is 12.6. The fraction of sp³-hybridized carbons (Fsp3) is 0.310. The molecule has 2 amide bonds. The highest BCUT2D eigenvalue weighted by atomic mass is 79.9. The van der Waals surface area contributed by atoms with E-state index in [1.54, 1.807) is 51.1 Å². The molecule has 3 aromatic rings. The van der Waals surface area contributed by atoms with Gasteiger partial charge in [0.2, 0.25) is 11.8 Å². The second-order valence-electron chi connectivity index (χ2n) is 10.4. The molecular formula is C29H31BrF3N3O4S. The molecule has 0 fully saturated rings. The van der Waals surface area contributed by atoms with Crippen LogP contribution in [0.4, 0.5) is 18.9 Å². The van der Waals surface area contributed by atoms with Gasteiger partial charge in [-0.25, -0.2) is 8.42 Å². The summed E-state index contributed by atoms with van der Waals surface area (Å²) in [6, 6.07) is 16.8. The molecule has 3 rings (SSSR count). The molecule has 220 valence electrons. The summed E-state index contributed by atoms with van der Waals surface area (Å²) in [5, 5.41) is 2.82. The van der Waals surface area contributed by atoms with Gasteiger partial charge in [0.1, 0.15) is 12.6 Å². The van der Waals surface area contributed by atoms with Gasteiger partial charge in [0.15, 0.2) is 0 Å². The average Bonchev–Trinajstić information content (AvgIpc) is 2.90. The first kappa shape index (κ1) is 32.1. The van der Waals surface area contributed by atoms with E-state index in [2.05, 4.69) is 21.2 Å². The van der Waals surface area contributed by atoms with Gasteiger partial charge in [0.05, 0.1) is 16.1 Å². The van der Waals surface area contributed by atoms with Crippen LogP contribution in [0, 0.1) is 0 Å². The van der Waals surface area contributed by atoms with E-state index < -0.39 is 51.7 Å². The first-order valence-corrected chi connectivity index (χ1v) is 14.8. The summed E-state index contributed by atoms with van der Waals surface area (Å²) in [6.07, 6.45) is -4.74. The summed E-state index contributed by atoms with van der Waals surface area (Å²) in [6.45, 7) is 5.95. The molecule has 0 saturated heterocycles. The van der Waals surface area contributed by atoms with Gasteiger partial charge in [-0.1, -0.05) is 52.3 Å². The summed E-state index contributed by atoms with van der Waals surface area (Å²) < 4.78 is 69.5. The zero-order valence-electron chi connectivity index (χ0n) is 22.9. The topological polar surface area (TPSA) is 86.8 Å². The first-order valence-electron chi connectivity index (χ1n) is 12.6. The third-order valence-corrected chi connectivity index (χ3v) is 8.32. The third kappa shape index (κ3) is 8.56. The minimum absolute atomic E-state index is 0.0490. The summed E-state index contributed by atoms with van der Waals surface area (Å²) in [5.41, 5.74) is -1.36. The number of hydrogen-bond donors (Lipinski definition) is 1. The van der Waals surface area contributed by atoms with Crippen LogP contribution in [0.3, 0.4) is 0 Å². The molecule has 0 spiro atoms. The highest BCUT2D eigenvalue weighted by Gasteiger charge is 2.35. The van der Waals surface area contributed by atoms with Crippen molar-refractivity contribution in [1.82, 2.24) is 10.2 Å². The Morgan fingerprint density at radius 2 is 1.54 bits per heavy atom. The first-order chi connectivity index (χ1) is 19.0. The number of carbonyl (C=O) groups excluding carboxylic acids is 2. The van der Waals surface area contributed by atoms with Crippen LogP contribution in [0.25, 0.3) is 0 Å². The number of alkyl halides is 3. The summed E-state index contributed by atoms with van der Waals surface area (Å²) in [5.74, 6) is -1.25. The standard InChI is InChI=1S/C29H31BrF3N3O4S/c1-20(27(38)34-28(2,3)4)35(18-21-13-15-23(30)16-14-21)26(37)19-36(41(39,40)25-11-6-5-7-12-25)24-10-8-9-22(17-24)29(31,32)33/h5-17,20H,18-19H2,1-4H3,(H,34,38). The largest absolute Gasteiger partial charge is 0.416 e. The molecule has 41 heavy (non-hydrogen) atoms. The van der Waals surface area contributed by atoms with Crippen molar-refractivity contribution in [2.75, 3.05) is 10.8 Å². The molecule has 0 heterocycles. The number of anilines is 1. The van der Waals surface area contributed by atoms with Crippen molar-refractivity contribution in [3.05, 3.63) is 94.5 Å². The summed E-state index contributed by atoms with van der Waals surface area (Å²) >= 11 is 3.35. The molecule has 7 nitrogen and oxygen atoms in total. The molecule has 0 aliphatic heterocycles. The van der Waals surface area contributed by atoms with Crippen LogP contribution in [0.1, 0.15) is 38.8 Å². The lowest BCUT2D eigenvalue weighted by atomic mass is 10.1. The van der Waals surface area contributed by atoms with Crippen molar-refractivity contribution in [1.29, 1.82) is 0 Å². The van der Waals surface area contributed by atoms with Gasteiger partial charge in [0.25, 0.3) is 10.0 Å². The van der Waals surface area contributed by atoms with Crippen LogP contribution in [-0.2, 0) is 32.3 Å². The van der Waals surface area contributed by atoms with Crippen LogP contribution >= 0.6 is 15.9 Å². The summed E-state index contributed by atoms with van der Waals surface area (Å²) in [7, 11) is -4.49. The lowest BCUT2D eigenvalue weighted by Gasteiger charge is -2.33. The maximum atomic E-state index is 13.9. The van der Waals surface area contributed by atoms with Gasteiger partial charge in [-0.05, 0) is 75.7 Å². The highest BCUT2D eigenvalue weighted by molar-refractivity contribution is 9.10. The Hall–Kier alpha value is -3.38. The minimum atomic E-state index is -4.74. The second-order valence-corrected chi connectivity index (χ2v) is 13.2. The Labute approximate surface area is 246 Å². The SMILES string of the molecule is CC(C(=O)NC(C)(C)C)N(Cc1ccc(Br)cc1)C(=O)CN(c1cccc(C(F)(F)F)c1)S(=O)(=O)c1ccccc1. The Bertz CT molecular complexity index is 1480. The van der Waals surface area contributed by atoms with E-state index in [0.29, 0.717) is 15.9 Å². The lowest BCUT2D eigenvalue weighted by Crippen LogP contribution is -2.54. The molecular weight excluding hydrogens is 623 g/mol. The molecule has 0 aliphatic carbocycles. The normalized spacial score (nSPS) is 12.9. The highest BCUT2D eigenvalue weighted by Crippen LogP contribution is 2.33. The van der Waals surface area contributed by atoms with Crippen molar-refractivity contribution in [3.8, 4) is 0 Å². The van der Waals surface area contributed by atoms with Crippen molar-refractivity contribution >= 4 is 43.5 Å². The zero-order chi connectivity index (χ0) is 30.6. The Kier molecular flexibility index (Phi) is 9.91. The van der Waals surface area contributed by atoms with Crippen molar-refractivity contribution in [2.24, 2.45) is 0 Å². The zero-order valence-corrected chi connectivity index (χ0v) is 25.3. The van der Waals surface area contributed by atoms with E-state index in [0.717, 1.165) is 16.6 Å². The third-order valence-electron chi connectivity index (χ3n) is 6.00. The molecule has 0 saturated carbocycles. The fourth-order valence-corrected chi connectivity index (χ4v) is 5.62. The predicted molar refractivity (Wildman–Crippen MR) is 154 cm³/mol. The predicted octanol–water partition coefficient (Wildman–Crippen LogP) is 6.00. The van der Waals surface area contributed by atoms with Crippen molar-refractivity contribution in [2.45, 2.75) is 56.9 Å². The maximum Gasteiger partial charge on any atom is 0.416 e. The number of amides is 2. The van der Waals surface area contributed by atoms with Gasteiger partial charge in [-0.15, -0.1) is 0 Å². The minimum Gasteiger partial charge on any atom is -0.350 e. The van der Waals surface area contributed by atoms with Crippen molar-refractivity contribution < 1.29 is 31.2 Å². The molecule has 0 aliphatic rings. The number of nitrogens with zero attached hydrogens (tertiary/aromatic N) is 2. The van der Waals surface area contributed by atoms with Gasteiger partial charge in [-0.3, -0.25) is 13.9 Å². The van der Waals surface area contributed by atoms with Crippen LogP contribution in [0.15, 0.2) is 88.2 Å². The molecule has 0 radical (unpaired) electrons. The number of rotatable bonds is 9. The molecule has 0 aromatic heterocycles. The number of halogens is 4. The summed E-state index contributed by atoms with van der Waals surface area (Å²) in [4.78, 5) is 28.0. The quantitative estimate of drug-likeness (QED) is 0.307. The molecule has 1 atom stereocenters. The lowest BCUT2D eigenvalue weighted by molar-refractivity contribution is -0.140. The van der Waals surface area contributed by atoms with E-state index in [9.17, 15) is 31.2 Å². The molecule has 3 aromatic carbocycles. The van der Waals surface area contributed by atoms with Crippen LogP contribution in [0.2, 0.25) is 0 Å². The number of nitrogens with one attached hydrogen (secondary N) is 1. The number of carbonyl (C=O) groups is 2. The average molecular weight is 655 g/mol. The molecule has 1 N–H and O–H groups in total.